The Balaban J connectivity index is 2.02. The monoisotopic (exact) mass is 747 g/mol. The highest BCUT2D eigenvalue weighted by atomic mass is 16.6. The highest BCUT2D eigenvalue weighted by Gasteiger charge is 2.37. The van der Waals surface area contributed by atoms with Gasteiger partial charge in [0.05, 0.1) is 13.2 Å². The average molecular weight is 747 g/mol. The van der Waals surface area contributed by atoms with E-state index in [0.717, 1.165) is 50.4 Å². The van der Waals surface area contributed by atoms with Gasteiger partial charge < -0.3 is 18.9 Å². The summed E-state index contributed by atoms with van der Waals surface area (Å²) in [6, 6.07) is 10.1. The van der Waals surface area contributed by atoms with E-state index in [1.165, 1.54) is 110 Å². The molecule has 2 fully saturated rings. The topological polar surface area (TPSA) is 43.5 Å². The Morgan fingerprint density at radius 3 is 0.889 bits per heavy atom. The van der Waals surface area contributed by atoms with E-state index in [1.807, 2.05) is 0 Å². The predicted octanol–water partition coefficient (Wildman–Crippen LogP) is 14.3. The molecule has 2 saturated heterocycles. The van der Waals surface area contributed by atoms with Crippen molar-refractivity contribution < 1.29 is 18.9 Å². The number of rotatable bonds is 27. The van der Waals surface area contributed by atoms with Gasteiger partial charge in [0.1, 0.15) is 36.9 Å². The number of hydrogen-bond acceptors (Lipinski definition) is 4. The van der Waals surface area contributed by atoms with Gasteiger partial charge in [-0.25, -0.2) is 0 Å². The molecule has 0 aromatic heterocycles. The minimum atomic E-state index is -0.0447. The molecular formula is C50H82O4. The second kappa shape index (κ2) is 19.9. The molecule has 0 radical (unpaired) electrons. The van der Waals surface area contributed by atoms with Gasteiger partial charge in [-0.05, 0) is 82.7 Å². The summed E-state index contributed by atoms with van der Waals surface area (Å²) in [6.45, 7) is 31.7. The van der Waals surface area contributed by atoms with Crippen LogP contribution in [0, 0.1) is 0 Å². The lowest BCUT2D eigenvalue weighted by Crippen LogP contribution is -2.26. The highest BCUT2D eigenvalue weighted by molar-refractivity contribution is 5.73. The molecular weight excluding hydrogens is 665 g/mol. The maximum atomic E-state index is 6.96. The van der Waals surface area contributed by atoms with Gasteiger partial charge in [-0.2, -0.15) is 0 Å². The van der Waals surface area contributed by atoms with Gasteiger partial charge in [-0.1, -0.05) is 160 Å². The summed E-state index contributed by atoms with van der Waals surface area (Å²) in [7, 11) is 0. The minimum absolute atomic E-state index is 0.0447. The van der Waals surface area contributed by atoms with Gasteiger partial charge in [-0.3, -0.25) is 0 Å². The summed E-state index contributed by atoms with van der Waals surface area (Å²) in [6.07, 6.45) is 19.8. The normalized spacial score (nSPS) is 17.6. The molecule has 4 rings (SSSR count). The van der Waals surface area contributed by atoms with E-state index in [0.29, 0.717) is 13.2 Å². The Labute approximate surface area is 333 Å². The molecule has 0 bridgehead atoms. The van der Waals surface area contributed by atoms with Crippen LogP contribution in [-0.2, 0) is 31.1 Å². The second-order valence-corrected chi connectivity index (χ2v) is 19.7. The van der Waals surface area contributed by atoms with Crippen LogP contribution < -0.4 is 9.47 Å². The molecule has 0 amide bonds. The van der Waals surface area contributed by atoms with Crippen molar-refractivity contribution in [1.82, 2.24) is 0 Å². The quantitative estimate of drug-likeness (QED) is 0.0674. The van der Waals surface area contributed by atoms with Gasteiger partial charge in [0.2, 0.25) is 0 Å². The molecule has 2 heterocycles. The lowest BCUT2D eigenvalue weighted by Gasteiger charge is -2.36. The van der Waals surface area contributed by atoms with E-state index in [1.54, 1.807) is 0 Å². The SMILES string of the molecule is CCCCCC(C)(C)c1cc(-c2cc(C(C)(C)CCCCC)c(OCC3CO3)c(C(C)(C)CCCCC)c2)cc(C(C)(C)CCCCC)c1OCC1CO1. The van der Waals surface area contributed by atoms with Crippen molar-refractivity contribution in [2.45, 2.75) is 220 Å². The standard InChI is InChI=1S/C50H82O4/c1-13-17-21-25-47(5,6)41-29-37(30-42(45(41)53-35-39-33-51-39)48(7,8)26-22-18-14-2)38-31-43(49(9,10)27-23-19-15-3)46(54-36-40-34-52-40)44(32-38)50(11,12)28-24-20-16-4/h29-32,39-40H,13-28,33-36H2,1-12H3. The molecule has 54 heavy (non-hydrogen) atoms. The third-order valence-corrected chi connectivity index (χ3v) is 12.7. The third-order valence-electron chi connectivity index (χ3n) is 12.7. The van der Waals surface area contributed by atoms with Crippen LogP contribution in [0.2, 0.25) is 0 Å². The molecule has 4 heteroatoms. The van der Waals surface area contributed by atoms with Gasteiger partial charge >= 0.3 is 0 Å². The van der Waals surface area contributed by atoms with Crippen LogP contribution in [0.25, 0.3) is 11.1 Å². The number of unbranched alkanes of at least 4 members (excludes halogenated alkanes) is 8. The summed E-state index contributed by atoms with van der Waals surface area (Å²) >= 11 is 0. The maximum Gasteiger partial charge on any atom is 0.126 e. The maximum absolute atomic E-state index is 6.96. The van der Waals surface area contributed by atoms with E-state index in [2.05, 4.69) is 107 Å². The zero-order chi connectivity index (χ0) is 39.6. The number of hydrogen-bond donors (Lipinski definition) is 0. The summed E-state index contributed by atoms with van der Waals surface area (Å²) < 4.78 is 25.3. The van der Waals surface area contributed by atoms with Crippen LogP contribution in [0.4, 0.5) is 0 Å². The zero-order valence-electron chi connectivity index (χ0n) is 37.2. The molecule has 0 N–H and O–H groups in total. The first-order valence-corrected chi connectivity index (χ1v) is 22.5. The van der Waals surface area contributed by atoms with E-state index in [-0.39, 0.29) is 33.9 Å². The van der Waals surface area contributed by atoms with Crippen molar-refractivity contribution >= 4 is 0 Å². The number of epoxide rings is 2. The first kappa shape index (κ1) is 44.7. The van der Waals surface area contributed by atoms with E-state index >= 15 is 0 Å². The third kappa shape index (κ3) is 12.5. The van der Waals surface area contributed by atoms with Gasteiger partial charge in [-0.15, -0.1) is 0 Å². The largest absolute Gasteiger partial charge is 0.490 e. The van der Waals surface area contributed by atoms with Crippen LogP contribution >= 0.6 is 0 Å². The Morgan fingerprint density at radius 2 is 0.685 bits per heavy atom. The summed E-state index contributed by atoms with van der Waals surface area (Å²) in [5.74, 6) is 2.23. The van der Waals surface area contributed by atoms with Crippen LogP contribution in [0.5, 0.6) is 11.5 Å². The molecule has 0 saturated carbocycles. The van der Waals surface area contributed by atoms with Crippen LogP contribution in [0.15, 0.2) is 24.3 Å². The van der Waals surface area contributed by atoms with Gasteiger partial charge in [0, 0.05) is 22.3 Å². The zero-order valence-corrected chi connectivity index (χ0v) is 37.2. The van der Waals surface area contributed by atoms with Crippen molar-refractivity contribution in [2.75, 3.05) is 26.4 Å². The molecule has 0 aliphatic carbocycles. The Bertz CT molecular complexity index is 1240. The molecule has 2 aromatic carbocycles. The molecule has 2 aromatic rings. The Morgan fingerprint density at radius 1 is 0.444 bits per heavy atom. The lowest BCUT2D eigenvalue weighted by molar-refractivity contribution is 0.249. The van der Waals surface area contributed by atoms with E-state index < -0.39 is 0 Å². The van der Waals surface area contributed by atoms with Gasteiger partial charge in [0.25, 0.3) is 0 Å². The molecule has 2 aliphatic heterocycles. The molecule has 2 atom stereocenters. The first-order chi connectivity index (χ1) is 25.6. The van der Waals surface area contributed by atoms with E-state index in [9.17, 15) is 0 Å². The molecule has 2 unspecified atom stereocenters. The minimum Gasteiger partial charge on any atom is -0.490 e. The smallest absolute Gasteiger partial charge is 0.126 e. The molecule has 4 nitrogen and oxygen atoms in total. The van der Waals surface area contributed by atoms with Crippen LogP contribution in [-0.4, -0.2) is 38.6 Å². The fraction of sp³-hybridized carbons (Fsp3) is 0.760. The fourth-order valence-electron chi connectivity index (χ4n) is 8.40. The number of benzene rings is 2. The first-order valence-electron chi connectivity index (χ1n) is 22.5. The number of ether oxygens (including phenoxy) is 4. The summed E-state index contributed by atoms with van der Waals surface area (Å²) in [4.78, 5) is 0. The van der Waals surface area contributed by atoms with Crippen molar-refractivity contribution in [3.05, 3.63) is 46.5 Å². The second-order valence-electron chi connectivity index (χ2n) is 19.7. The van der Waals surface area contributed by atoms with Crippen molar-refractivity contribution in [3.63, 3.8) is 0 Å². The van der Waals surface area contributed by atoms with E-state index in [4.69, 9.17) is 18.9 Å². The fourth-order valence-corrected chi connectivity index (χ4v) is 8.40. The summed E-state index contributed by atoms with van der Waals surface area (Å²) in [5, 5.41) is 0. The predicted molar refractivity (Wildman–Crippen MR) is 231 cm³/mol. The Hall–Kier alpha value is -2.04. The lowest BCUT2D eigenvalue weighted by atomic mass is 9.71. The molecule has 0 spiro atoms. The summed E-state index contributed by atoms with van der Waals surface area (Å²) in [5.41, 5.74) is 7.87. The average Bonchev–Trinajstić information content (AvgIpc) is 4.06. The Kier molecular flexibility index (Phi) is 16.5. The van der Waals surface area contributed by atoms with Crippen molar-refractivity contribution in [3.8, 4) is 22.6 Å². The van der Waals surface area contributed by atoms with Crippen molar-refractivity contribution in [1.29, 1.82) is 0 Å². The molecule has 2 aliphatic rings. The van der Waals surface area contributed by atoms with Crippen molar-refractivity contribution in [2.24, 2.45) is 0 Å². The van der Waals surface area contributed by atoms with Crippen LogP contribution in [0.3, 0.4) is 0 Å². The van der Waals surface area contributed by atoms with Gasteiger partial charge in [0.15, 0.2) is 0 Å². The molecule has 306 valence electrons. The highest BCUT2D eigenvalue weighted by Crippen LogP contribution is 2.50. The van der Waals surface area contributed by atoms with Crippen LogP contribution in [0.1, 0.15) is 208 Å².